The van der Waals surface area contributed by atoms with Gasteiger partial charge in [-0.2, -0.15) is 0 Å². The maximum atomic E-state index is 5.98. The largest absolute Gasteiger partial charge is 0.383 e. The molecule has 0 aromatic carbocycles. The van der Waals surface area contributed by atoms with Gasteiger partial charge in [0, 0.05) is 11.1 Å². The lowest BCUT2D eigenvalue weighted by atomic mass is 9.79. The minimum Gasteiger partial charge on any atom is -0.383 e. The number of aromatic nitrogens is 3. The van der Waals surface area contributed by atoms with Crippen molar-refractivity contribution >= 4 is 17.2 Å². The van der Waals surface area contributed by atoms with E-state index in [1.807, 2.05) is 6.92 Å². The summed E-state index contributed by atoms with van der Waals surface area (Å²) in [6.07, 6.45) is 5.15. The summed E-state index contributed by atoms with van der Waals surface area (Å²) >= 11 is 1.74. The average Bonchev–Trinajstić information content (AvgIpc) is 2.69. The highest BCUT2D eigenvalue weighted by molar-refractivity contribution is 7.15. The number of aryl methyl sites for hydroxylation is 2. The predicted molar refractivity (Wildman–Crippen MR) is 78.1 cm³/mol. The molecule has 1 aliphatic rings. The third-order valence-corrected chi connectivity index (χ3v) is 4.76. The zero-order valence-electron chi connectivity index (χ0n) is 11.5. The molecule has 19 heavy (non-hydrogen) atoms. The van der Waals surface area contributed by atoms with Crippen LogP contribution in [0.3, 0.4) is 0 Å². The second-order valence-electron chi connectivity index (χ2n) is 5.95. The monoisotopic (exact) mass is 274 g/mol. The molecule has 0 saturated heterocycles. The molecule has 0 aliphatic heterocycles. The van der Waals surface area contributed by atoms with Gasteiger partial charge < -0.3 is 5.73 Å². The van der Waals surface area contributed by atoms with Crippen molar-refractivity contribution < 1.29 is 0 Å². The van der Waals surface area contributed by atoms with Crippen LogP contribution >= 0.6 is 11.3 Å². The topological polar surface area (TPSA) is 64.7 Å². The van der Waals surface area contributed by atoms with Crippen molar-refractivity contribution in [3.63, 3.8) is 0 Å². The number of thiazole rings is 1. The summed E-state index contributed by atoms with van der Waals surface area (Å²) < 4.78 is 0. The number of nitrogens with two attached hydrogens (primary N) is 1. The Morgan fingerprint density at radius 3 is 2.84 bits per heavy atom. The summed E-state index contributed by atoms with van der Waals surface area (Å²) in [7, 11) is 0. The molecule has 2 N–H and O–H groups in total. The van der Waals surface area contributed by atoms with Gasteiger partial charge in [-0.3, -0.25) is 0 Å². The van der Waals surface area contributed by atoms with E-state index in [-0.39, 0.29) is 0 Å². The fourth-order valence-electron chi connectivity index (χ4n) is 2.46. The van der Waals surface area contributed by atoms with Crippen LogP contribution in [0.25, 0.3) is 10.6 Å². The Morgan fingerprint density at radius 1 is 1.32 bits per heavy atom. The summed E-state index contributed by atoms with van der Waals surface area (Å²) in [5.41, 5.74) is 8.46. The second kappa shape index (κ2) is 4.27. The van der Waals surface area contributed by atoms with Gasteiger partial charge in [-0.05, 0) is 31.6 Å². The third-order valence-electron chi connectivity index (χ3n) is 3.63. The van der Waals surface area contributed by atoms with E-state index in [1.165, 1.54) is 17.0 Å². The maximum absolute atomic E-state index is 5.98. The number of fused-ring (bicyclic) bond motifs is 1. The summed E-state index contributed by atoms with van der Waals surface area (Å²) in [6.45, 7) is 6.48. The van der Waals surface area contributed by atoms with Crippen LogP contribution in [0.15, 0.2) is 6.20 Å². The average molecular weight is 274 g/mol. The molecular weight excluding hydrogens is 256 g/mol. The first-order valence-electron chi connectivity index (χ1n) is 6.53. The predicted octanol–water partition coefficient (Wildman–Crippen LogP) is 3.01. The Hall–Kier alpha value is -1.49. The Kier molecular flexibility index (Phi) is 2.82. The van der Waals surface area contributed by atoms with Gasteiger partial charge in [-0.15, -0.1) is 11.3 Å². The van der Waals surface area contributed by atoms with Crippen molar-refractivity contribution in [3.05, 3.63) is 22.6 Å². The van der Waals surface area contributed by atoms with Crippen LogP contribution in [-0.4, -0.2) is 15.0 Å². The molecule has 0 fully saturated rings. The van der Waals surface area contributed by atoms with E-state index >= 15 is 0 Å². The lowest BCUT2D eigenvalue weighted by Gasteiger charge is -2.28. The van der Waals surface area contributed by atoms with E-state index in [9.17, 15) is 0 Å². The Labute approximate surface area is 117 Å². The first-order valence-corrected chi connectivity index (χ1v) is 7.34. The van der Waals surface area contributed by atoms with Crippen LogP contribution in [0.2, 0.25) is 0 Å². The first kappa shape index (κ1) is 12.5. The minimum atomic E-state index is 0.381. The summed E-state index contributed by atoms with van der Waals surface area (Å²) in [4.78, 5) is 14.6. The molecule has 1 aliphatic carbocycles. The van der Waals surface area contributed by atoms with Gasteiger partial charge in [-0.25, -0.2) is 15.0 Å². The van der Waals surface area contributed by atoms with E-state index < -0.39 is 0 Å². The standard InChI is InChI=1S/C14H18N4S/c1-8-16-7-9(12(15)17-8)13-18-10-4-5-14(2,3)6-11(10)19-13/h7H,4-6H2,1-3H3,(H2,15,16,17). The molecule has 0 spiro atoms. The van der Waals surface area contributed by atoms with E-state index in [1.54, 1.807) is 17.5 Å². The highest BCUT2D eigenvalue weighted by Crippen LogP contribution is 2.40. The second-order valence-corrected chi connectivity index (χ2v) is 7.03. The molecule has 3 rings (SSSR count). The number of rotatable bonds is 1. The SMILES string of the molecule is Cc1ncc(-c2nc3c(s2)CC(C)(C)CC3)c(N)n1. The van der Waals surface area contributed by atoms with Crippen LogP contribution in [0.1, 0.15) is 36.7 Å². The minimum absolute atomic E-state index is 0.381. The van der Waals surface area contributed by atoms with Crippen LogP contribution in [0.4, 0.5) is 5.82 Å². The molecule has 2 heterocycles. The van der Waals surface area contributed by atoms with Crippen LogP contribution in [0, 0.1) is 12.3 Å². The normalized spacial score (nSPS) is 17.2. The molecule has 2 aromatic heterocycles. The van der Waals surface area contributed by atoms with Gasteiger partial charge in [0.05, 0.1) is 11.3 Å². The van der Waals surface area contributed by atoms with Gasteiger partial charge >= 0.3 is 0 Å². The lowest BCUT2D eigenvalue weighted by molar-refractivity contribution is 0.316. The molecule has 0 radical (unpaired) electrons. The highest BCUT2D eigenvalue weighted by atomic mass is 32.1. The van der Waals surface area contributed by atoms with Crippen molar-refractivity contribution in [2.75, 3.05) is 5.73 Å². The smallest absolute Gasteiger partial charge is 0.137 e. The zero-order valence-corrected chi connectivity index (χ0v) is 12.3. The Balaban J connectivity index is 2.02. The quantitative estimate of drug-likeness (QED) is 0.868. The van der Waals surface area contributed by atoms with Gasteiger partial charge in [0.25, 0.3) is 0 Å². The van der Waals surface area contributed by atoms with E-state index in [0.717, 1.165) is 23.4 Å². The van der Waals surface area contributed by atoms with E-state index in [2.05, 4.69) is 23.8 Å². The first-order chi connectivity index (χ1) is 8.94. The molecule has 5 heteroatoms. The molecule has 0 atom stereocenters. The molecule has 4 nitrogen and oxygen atoms in total. The number of nitrogens with zero attached hydrogens (tertiary/aromatic N) is 3. The van der Waals surface area contributed by atoms with Gasteiger partial charge in [-0.1, -0.05) is 13.8 Å². The van der Waals surface area contributed by atoms with Crippen molar-refractivity contribution in [2.45, 2.75) is 40.0 Å². The van der Waals surface area contributed by atoms with Gasteiger partial charge in [0.15, 0.2) is 0 Å². The van der Waals surface area contributed by atoms with Gasteiger partial charge in [0.1, 0.15) is 16.6 Å². The number of nitrogen functional groups attached to an aromatic ring is 1. The van der Waals surface area contributed by atoms with Crippen LogP contribution < -0.4 is 5.73 Å². The van der Waals surface area contributed by atoms with Crippen molar-refractivity contribution in [2.24, 2.45) is 5.41 Å². The Bertz CT molecular complexity index is 630. The maximum Gasteiger partial charge on any atom is 0.137 e. The summed E-state index contributed by atoms with van der Waals surface area (Å²) in [5.74, 6) is 1.22. The Morgan fingerprint density at radius 2 is 2.11 bits per heavy atom. The molecule has 0 bridgehead atoms. The fourth-order valence-corrected chi connectivity index (χ4v) is 3.85. The number of hydrogen-bond donors (Lipinski definition) is 1. The van der Waals surface area contributed by atoms with E-state index in [0.29, 0.717) is 17.1 Å². The third kappa shape index (κ3) is 2.34. The molecular formula is C14H18N4S. The van der Waals surface area contributed by atoms with Crippen LogP contribution in [-0.2, 0) is 12.8 Å². The molecule has 2 aromatic rings. The zero-order chi connectivity index (χ0) is 13.6. The highest BCUT2D eigenvalue weighted by Gasteiger charge is 2.28. The number of hydrogen-bond acceptors (Lipinski definition) is 5. The molecule has 0 unspecified atom stereocenters. The van der Waals surface area contributed by atoms with Crippen molar-refractivity contribution in [1.82, 2.24) is 15.0 Å². The molecule has 0 amide bonds. The molecule has 100 valence electrons. The van der Waals surface area contributed by atoms with Gasteiger partial charge in [0.2, 0.25) is 0 Å². The van der Waals surface area contributed by atoms with Crippen molar-refractivity contribution in [3.8, 4) is 10.6 Å². The van der Waals surface area contributed by atoms with E-state index in [4.69, 9.17) is 10.7 Å². The summed E-state index contributed by atoms with van der Waals surface area (Å²) in [6, 6.07) is 0. The number of anilines is 1. The van der Waals surface area contributed by atoms with Crippen LogP contribution in [0.5, 0.6) is 0 Å². The fraction of sp³-hybridized carbons (Fsp3) is 0.500. The lowest BCUT2D eigenvalue weighted by Crippen LogP contribution is -2.20. The molecule has 0 saturated carbocycles. The summed E-state index contributed by atoms with van der Waals surface area (Å²) in [5, 5.41) is 0.959. The van der Waals surface area contributed by atoms with Crippen molar-refractivity contribution in [1.29, 1.82) is 0 Å².